The van der Waals surface area contributed by atoms with E-state index in [0.717, 1.165) is 6.54 Å². The molecule has 2 heterocycles. The van der Waals surface area contributed by atoms with Crippen molar-refractivity contribution in [3.8, 4) is 11.4 Å². The summed E-state index contributed by atoms with van der Waals surface area (Å²) in [4.78, 5) is 19.2. The zero-order valence-electron chi connectivity index (χ0n) is 8.79. The van der Waals surface area contributed by atoms with Crippen molar-refractivity contribution < 1.29 is 9.90 Å². The second-order valence-electron chi connectivity index (χ2n) is 3.26. The highest BCUT2D eigenvalue weighted by atomic mass is 16.4. The molecule has 0 fully saturated rings. The summed E-state index contributed by atoms with van der Waals surface area (Å²) < 4.78 is 1.88. The summed E-state index contributed by atoms with van der Waals surface area (Å²) >= 11 is 0. The van der Waals surface area contributed by atoms with Crippen LogP contribution < -0.4 is 0 Å². The molecule has 0 aliphatic rings. The molecule has 0 bridgehead atoms. The monoisotopic (exact) mass is 217 g/mol. The number of hydrogen-bond acceptors (Lipinski definition) is 3. The second-order valence-corrected chi connectivity index (χ2v) is 3.26. The van der Waals surface area contributed by atoms with Gasteiger partial charge in [-0.2, -0.15) is 0 Å². The van der Waals surface area contributed by atoms with Crippen molar-refractivity contribution in [2.45, 2.75) is 13.5 Å². The molecule has 5 heteroatoms. The van der Waals surface area contributed by atoms with E-state index in [1.54, 1.807) is 6.20 Å². The van der Waals surface area contributed by atoms with Crippen molar-refractivity contribution in [1.82, 2.24) is 14.5 Å². The van der Waals surface area contributed by atoms with E-state index in [0.29, 0.717) is 11.4 Å². The van der Waals surface area contributed by atoms with Crippen LogP contribution in [0.1, 0.15) is 17.3 Å². The van der Waals surface area contributed by atoms with E-state index in [-0.39, 0.29) is 5.56 Å². The third kappa shape index (κ3) is 1.67. The van der Waals surface area contributed by atoms with Gasteiger partial charge in [-0.1, -0.05) is 0 Å². The molecule has 0 spiro atoms. The molecule has 0 aromatic carbocycles. The summed E-state index contributed by atoms with van der Waals surface area (Å²) in [6, 6.07) is 1.48. The number of aromatic carboxylic acids is 1. The number of rotatable bonds is 3. The van der Waals surface area contributed by atoms with Gasteiger partial charge in [0.05, 0.1) is 11.1 Å². The number of hydrogen-bond donors (Lipinski definition) is 1. The van der Waals surface area contributed by atoms with Crippen molar-refractivity contribution in [3.63, 3.8) is 0 Å². The van der Waals surface area contributed by atoms with Crippen LogP contribution in [0, 0.1) is 0 Å². The maximum atomic E-state index is 11.1. The van der Waals surface area contributed by atoms with Gasteiger partial charge in [-0.05, 0) is 13.0 Å². The molecule has 16 heavy (non-hydrogen) atoms. The average molecular weight is 217 g/mol. The van der Waals surface area contributed by atoms with Crippen molar-refractivity contribution in [2.75, 3.05) is 0 Å². The first-order valence-electron chi connectivity index (χ1n) is 4.93. The summed E-state index contributed by atoms with van der Waals surface area (Å²) in [5, 5.41) is 9.06. The second kappa shape index (κ2) is 4.14. The van der Waals surface area contributed by atoms with Crippen LogP contribution in [0.2, 0.25) is 0 Å². The van der Waals surface area contributed by atoms with E-state index >= 15 is 0 Å². The molecular formula is C11H11N3O2. The number of nitrogens with zero attached hydrogens (tertiary/aromatic N) is 3. The van der Waals surface area contributed by atoms with Crippen LogP contribution in [0.3, 0.4) is 0 Å². The number of carboxylic acid groups (broad SMARTS) is 1. The summed E-state index contributed by atoms with van der Waals surface area (Å²) in [6.45, 7) is 2.71. The van der Waals surface area contributed by atoms with Gasteiger partial charge in [0, 0.05) is 31.3 Å². The predicted molar refractivity (Wildman–Crippen MR) is 58.1 cm³/mol. The molecule has 82 valence electrons. The topological polar surface area (TPSA) is 68.0 Å². The van der Waals surface area contributed by atoms with E-state index in [9.17, 15) is 4.79 Å². The van der Waals surface area contributed by atoms with Gasteiger partial charge in [0.15, 0.2) is 0 Å². The smallest absolute Gasteiger partial charge is 0.336 e. The minimum Gasteiger partial charge on any atom is -0.478 e. The number of imidazole rings is 1. The minimum absolute atomic E-state index is 0.218. The first kappa shape index (κ1) is 10.4. The number of carbonyl (C=O) groups is 1. The van der Waals surface area contributed by atoms with Gasteiger partial charge < -0.3 is 9.67 Å². The molecule has 0 saturated heterocycles. The van der Waals surface area contributed by atoms with Gasteiger partial charge in [0.25, 0.3) is 0 Å². The molecule has 2 rings (SSSR count). The fraction of sp³-hybridized carbons (Fsp3) is 0.182. The van der Waals surface area contributed by atoms with Crippen LogP contribution >= 0.6 is 0 Å². The summed E-state index contributed by atoms with van der Waals surface area (Å²) in [5.74, 6) is -0.337. The van der Waals surface area contributed by atoms with E-state index in [4.69, 9.17) is 5.11 Å². The maximum Gasteiger partial charge on any atom is 0.336 e. The fourth-order valence-electron chi connectivity index (χ4n) is 1.57. The highest BCUT2D eigenvalue weighted by Gasteiger charge is 2.14. The van der Waals surface area contributed by atoms with Crippen LogP contribution in [-0.2, 0) is 6.54 Å². The SMILES string of the molecule is CCn1ccnc1-c1cnccc1C(=O)O. The van der Waals surface area contributed by atoms with E-state index in [2.05, 4.69) is 9.97 Å². The van der Waals surface area contributed by atoms with Crippen LogP contribution in [0.5, 0.6) is 0 Å². The molecule has 0 aliphatic heterocycles. The van der Waals surface area contributed by atoms with Crippen LogP contribution in [0.15, 0.2) is 30.9 Å². The summed E-state index contributed by atoms with van der Waals surface area (Å²) in [6.07, 6.45) is 6.45. The zero-order chi connectivity index (χ0) is 11.5. The van der Waals surface area contributed by atoms with Crippen molar-refractivity contribution in [2.24, 2.45) is 0 Å². The molecule has 0 saturated carbocycles. The van der Waals surface area contributed by atoms with Crippen LogP contribution in [0.4, 0.5) is 0 Å². The Morgan fingerprint density at radius 1 is 1.50 bits per heavy atom. The van der Waals surface area contributed by atoms with Gasteiger partial charge in [0.1, 0.15) is 5.82 Å². The molecule has 0 atom stereocenters. The number of pyridine rings is 1. The number of carboxylic acids is 1. The molecule has 0 aliphatic carbocycles. The van der Waals surface area contributed by atoms with Crippen molar-refractivity contribution >= 4 is 5.97 Å². The summed E-state index contributed by atoms with van der Waals surface area (Å²) in [5.41, 5.74) is 0.762. The van der Waals surface area contributed by atoms with Crippen LogP contribution in [-0.4, -0.2) is 25.6 Å². The minimum atomic E-state index is -0.969. The molecule has 1 N–H and O–H groups in total. The number of aryl methyl sites for hydroxylation is 1. The molecular weight excluding hydrogens is 206 g/mol. The Kier molecular flexibility index (Phi) is 2.68. The molecule has 2 aromatic heterocycles. The Bertz CT molecular complexity index is 519. The van der Waals surface area contributed by atoms with E-state index in [1.165, 1.54) is 18.5 Å². The number of aromatic nitrogens is 3. The van der Waals surface area contributed by atoms with Gasteiger partial charge >= 0.3 is 5.97 Å². The van der Waals surface area contributed by atoms with E-state index < -0.39 is 5.97 Å². The van der Waals surface area contributed by atoms with Gasteiger partial charge in [-0.15, -0.1) is 0 Å². The highest BCUT2D eigenvalue weighted by Crippen LogP contribution is 2.20. The van der Waals surface area contributed by atoms with Gasteiger partial charge in [0.2, 0.25) is 0 Å². The Morgan fingerprint density at radius 3 is 3.00 bits per heavy atom. The molecule has 2 aromatic rings. The predicted octanol–water partition coefficient (Wildman–Crippen LogP) is 1.66. The Morgan fingerprint density at radius 2 is 2.31 bits per heavy atom. The first-order valence-corrected chi connectivity index (χ1v) is 4.93. The summed E-state index contributed by atoms with van der Waals surface area (Å²) in [7, 11) is 0. The van der Waals surface area contributed by atoms with Crippen LogP contribution in [0.25, 0.3) is 11.4 Å². The third-order valence-corrected chi connectivity index (χ3v) is 2.35. The lowest BCUT2D eigenvalue weighted by Crippen LogP contribution is -2.04. The Labute approximate surface area is 92.4 Å². The lowest BCUT2D eigenvalue weighted by atomic mass is 10.1. The van der Waals surface area contributed by atoms with Crippen molar-refractivity contribution in [3.05, 3.63) is 36.4 Å². The van der Waals surface area contributed by atoms with Gasteiger partial charge in [-0.25, -0.2) is 9.78 Å². The Hall–Kier alpha value is -2.17. The standard InChI is InChI=1S/C11H11N3O2/c1-2-14-6-5-13-10(14)9-7-12-4-3-8(9)11(15)16/h3-7H,2H2,1H3,(H,15,16). The van der Waals surface area contributed by atoms with Gasteiger partial charge in [-0.3, -0.25) is 4.98 Å². The Balaban J connectivity index is 2.60. The maximum absolute atomic E-state index is 11.1. The lowest BCUT2D eigenvalue weighted by Gasteiger charge is -2.06. The highest BCUT2D eigenvalue weighted by molar-refractivity contribution is 5.94. The molecule has 0 radical (unpaired) electrons. The molecule has 0 unspecified atom stereocenters. The molecule has 0 amide bonds. The third-order valence-electron chi connectivity index (χ3n) is 2.35. The quantitative estimate of drug-likeness (QED) is 0.849. The zero-order valence-corrected chi connectivity index (χ0v) is 8.79. The lowest BCUT2D eigenvalue weighted by molar-refractivity contribution is 0.0697. The fourth-order valence-corrected chi connectivity index (χ4v) is 1.57. The molecule has 5 nitrogen and oxygen atoms in total. The van der Waals surface area contributed by atoms with E-state index in [1.807, 2.05) is 17.7 Å². The van der Waals surface area contributed by atoms with Crippen molar-refractivity contribution in [1.29, 1.82) is 0 Å². The average Bonchev–Trinajstić information content (AvgIpc) is 2.76. The largest absolute Gasteiger partial charge is 0.478 e. The normalized spacial score (nSPS) is 10.3. The first-order chi connectivity index (χ1) is 7.74.